The molecule has 10 heavy (non-hydrogen) atoms. The Morgan fingerprint density at radius 1 is 1.40 bits per heavy atom. The summed E-state index contributed by atoms with van der Waals surface area (Å²) in [6, 6.07) is 0. The molecule has 0 N–H and O–H groups in total. The molecule has 1 aliphatic rings. The first-order valence-corrected chi connectivity index (χ1v) is 3.87. The summed E-state index contributed by atoms with van der Waals surface area (Å²) >= 11 is 1.42. The van der Waals surface area contributed by atoms with Crippen LogP contribution in [-0.4, -0.2) is 22.8 Å². The van der Waals surface area contributed by atoms with Crippen LogP contribution in [0.2, 0.25) is 0 Å². The largest absolute Gasteiger partial charge is 0.405 e. The third-order valence-corrected chi connectivity index (χ3v) is 2.94. The van der Waals surface area contributed by atoms with Gasteiger partial charge in [0, 0.05) is 6.61 Å². The predicted octanol–water partition coefficient (Wildman–Crippen LogP) is 2.14. The predicted molar refractivity (Wildman–Crippen MR) is 38.2 cm³/mol. The fraction of sp³-hybridized carbons (Fsp3) is 1.00. The second-order valence-corrected chi connectivity index (χ2v) is 4.33. The first-order valence-electron chi connectivity index (χ1n) is 2.79. The maximum absolute atomic E-state index is 12.1. The molecule has 1 aliphatic heterocycles. The molecule has 0 unspecified atom stereocenters. The zero-order valence-electron chi connectivity index (χ0n) is 5.04. The van der Waals surface area contributed by atoms with E-state index >= 15 is 0 Å². The molecule has 0 spiro atoms. The maximum Gasteiger partial charge on any atom is 0.405 e. The first kappa shape index (κ1) is 8.58. The van der Waals surface area contributed by atoms with Crippen LogP contribution in [0.4, 0.5) is 13.2 Å². The lowest BCUT2D eigenvalue weighted by Crippen LogP contribution is -2.39. The molecule has 1 saturated heterocycles. The summed E-state index contributed by atoms with van der Waals surface area (Å²) < 4.78 is 39.2. The average Bonchev–Trinajstić information content (AvgIpc) is 2.13. The fourth-order valence-corrected chi connectivity index (χ4v) is 1.20. The van der Waals surface area contributed by atoms with Gasteiger partial charge in [-0.3, -0.25) is 0 Å². The van der Waals surface area contributed by atoms with Crippen LogP contribution in [0.1, 0.15) is 6.42 Å². The number of rotatable bonds is 0. The molecular formula is C5H6F3IO. The fourth-order valence-electron chi connectivity index (χ4n) is 0.764. The molecule has 1 atom stereocenters. The highest BCUT2D eigenvalue weighted by molar-refractivity contribution is 14.1. The van der Waals surface area contributed by atoms with Crippen molar-refractivity contribution in [1.82, 2.24) is 0 Å². The molecule has 1 fully saturated rings. The Morgan fingerprint density at radius 3 is 2.20 bits per heavy atom. The molecular weight excluding hydrogens is 260 g/mol. The molecule has 0 radical (unpaired) electrons. The number of ether oxygens (including phenoxy) is 1. The van der Waals surface area contributed by atoms with Crippen LogP contribution in [0.15, 0.2) is 0 Å². The van der Waals surface area contributed by atoms with Gasteiger partial charge in [0.15, 0.2) is 0 Å². The highest BCUT2D eigenvalue weighted by Crippen LogP contribution is 2.43. The van der Waals surface area contributed by atoms with Crippen molar-refractivity contribution in [3.05, 3.63) is 0 Å². The summed E-state index contributed by atoms with van der Waals surface area (Å²) in [7, 11) is 0. The van der Waals surface area contributed by atoms with Gasteiger partial charge in [0.2, 0.25) is 0 Å². The van der Waals surface area contributed by atoms with Gasteiger partial charge in [0.25, 0.3) is 0 Å². The number of hydrogen-bond donors (Lipinski definition) is 0. The molecule has 5 heteroatoms. The monoisotopic (exact) mass is 266 g/mol. The molecule has 60 valence electrons. The van der Waals surface area contributed by atoms with Crippen LogP contribution in [0.25, 0.3) is 0 Å². The second kappa shape index (κ2) is 2.51. The van der Waals surface area contributed by atoms with Gasteiger partial charge in [0.05, 0.1) is 6.61 Å². The van der Waals surface area contributed by atoms with E-state index in [9.17, 15) is 13.2 Å². The van der Waals surface area contributed by atoms with Crippen LogP contribution in [0, 0.1) is 0 Å². The molecule has 0 aromatic carbocycles. The van der Waals surface area contributed by atoms with Gasteiger partial charge in [0.1, 0.15) is 3.42 Å². The standard InChI is InChI=1S/C5H6F3IO/c6-5(7,8)4(9)1-2-10-3-4/h1-3H2/t4-/m1/s1. The van der Waals surface area contributed by atoms with Crippen molar-refractivity contribution < 1.29 is 17.9 Å². The third kappa shape index (κ3) is 1.39. The average molecular weight is 266 g/mol. The molecule has 0 aliphatic carbocycles. The lowest BCUT2D eigenvalue weighted by atomic mass is 10.1. The second-order valence-electron chi connectivity index (χ2n) is 2.27. The van der Waals surface area contributed by atoms with Gasteiger partial charge in [-0.1, -0.05) is 22.6 Å². The lowest BCUT2D eigenvalue weighted by Gasteiger charge is -2.22. The smallest absolute Gasteiger partial charge is 0.380 e. The van der Waals surface area contributed by atoms with Gasteiger partial charge >= 0.3 is 6.18 Å². The van der Waals surface area contributed by atoms with Crippen molar-refractivity contribution in [2.75, 3.05) is 13.2 Å². The highest BCUT2D eigenvalue weighted by Gasteiger charge is 2.55. The summed E-state index contributed by atoms with van der Waals surface area (Å²) in [6.07, 6.45) is -4.04. The Kier molecular flexibility index (Phi) is 2.15. The Hall–Kier alpha value is 0.480. The summed E-state index contributed by atoms with van der Waals surface area (Å²) in [5.74, 6) is 0. The summed E-state index contributed by atoms with van der Waals surface area (Å²) in [5.41, 5.74) is 0. The topological polar surface area (TPSA) is 9.23 Å². The number of hydrogen-bond acceptors (Lipinski definition) is 1. The molecule has 1 heterocycles. The SMILES string of the molecule is FC(F)(F)[C@@]1(I)CCOC1. The van der Waals surface area contributed by atoms with Crippen molar-refractivity contribution in [1.29, 1.82) is 0 Å². The van der Waals surface area contributed by atoms with Crippen LogP contribution < -0.4 is 0 Å². The van der Waals surface area contributed by atoms with Gasteiger partial charge in [-0.2, -0.15) is 13.2 Å². The molecule has 0 aromatic heterocycles. The van der Waals surface area contributed by atoms with E-state index in [1.165, 1.54) is 22.6 Å². The molecule has 1 nitrogen and oxygen atoms in total. The van der Waals surface area contributed by atoms with E-state index in [0.29, 0.717) is 0 Å². The van der Waals surface area contributed by atoms with E-state index < -0.39 is 9.60 Å². The molecule has 1 rings (SSSR count). The van der Waals surface area contributed by atoms with Crippen molar-refractivity contribution in [3.63, 3.8) is 0 Å². The van der Waals surface area contributed by atoms with E-state index in [-0.39, 0.29) is 19.6 Å². The Labute approximate surface area is 70.1 Å². The zero-order chi connectivity index (χ0) is 7.83. The van der Waals surface area contributed by atoms with Crippen molar-refractivity contribution in [2.24, 2.45) is 0 Å². The van der Waals surface area contributed by atoms with Crippen LogP contribution in [0.3, 0.4) is 0 Å². The molecule has 0 saturated carbocycles. The van der Waals surface area contributed by atoms with E-state index in [4.69, 9.17) is 0 Å². The van der Waals surface area contributed by atoms with Gasteiger partial charge in [-0.15, -0.1) is 0 Å². The van der Waals surface area contributed by atoms with E-state index in [1.54, 1.807) is 0 Å². The quantitative estimate of drug-likeness (QED) is 0.482. The Bertz CT molecular complexity index is 127. The number of halogens is 4. The minimum atomic E-state index is -4.12. The normalized spacial score (nSPS) is 34.8. The van der Waals surface area contributed by atoms with Crippen LogP contribution in [-0.2, 0) is 4.74 Å². The highest BCUT2D eigenvalue weighted by atomic mass is 127. The van der Waals surface area contributed by atoms with E-state index in [0.717, 1.165) is 0 Å². The maximum atomic E-state index is 12.1. The number of alkyl halides is 4. The summed E-state index contributed by atoms with van der Waals surface area (Å²) in [6.45, 7) is 0.0273. The van der Waals surface area contributed by atoms with Crippen molar-refractivity contribution in [2.45, 2.75) is 16.0 Å². The van der Waals surface area contributed by atoms with Crippen LogP contribution in [0.5, 0.6) is 0 Å². The summed E-state index contributed by atoms with van der Waals surface area (Å²) in [5, 5.41) is 0. The van der Waals surface area contributed by atoms with Gasteiger partial charge in [-0.25, -0.2) is 0 Å². The molecule has 0 aromatic rings. The lowest BCUT2D eigenvalue weighted by molar-refractivity contribution is -0.153. The first-order chi connectivity index (χ1) is 4.46. The molecule has 0 amide bonds. The van der Waals surface area contributed by atoms with Crippen LogP contribution >= 0.6 is 22.6 Å². The minimum absolute atomic E-state index is 0.0804. The summed E-state index contributed by atoms with van der Waals surface area (Å²) in [4.78, 5) is 0. The third-order valence-electron chi connectivity index (χ3n) is 1.48. The molecule has 0 bridgehead atoms. The van der Waals surface area contributed by atoms with Crippen molar-refractivity contribution in [3.8, 4) is 0 Å². The minimum Gasteiger partial charge on any atom is -0.380 e. The zero-order valence-corrected chi connectivity index (χ0v) is 7.20. The Balaban J connectivity index is 2.67. The van der Waals surface area contributed by atoms with E-state index in [1.807, 2.05) is 0 Å². The van der Waals surface area contributed by atoms with E-state index in [2.05, 4.69) is 4.74 Å². The van der Waals surface area contributed by atoms with Gasteiger partial charge < -0.3 is 4.74 Å². The van der Waals surface area contributed by atoms with Crippen molar-refractivity contribution >= 4 is 22.6 Å². The Morgan fingerprint density at radius 2 is 2.00 bits per heavy atom. The van der Waals surface area contributed by atoms with Gasteiger partial charge in [-0.05, 0) is 6.42 Å².